The van der Waals surface area contributed by atoms with Crippen LogP contribution in [0.1, 0.15) is 25.0 Å². The summed E-state index contributed by atoms with van der Waals surface area (Å²) in [6.07, 6.45) is 6.03. The first-order chi connectivity index (χ1) is 36.8. The standard InChI is InChI=1S/C32H32FN9O4.C19H14FN7O3/c1-32(21-5-3-6-22(33)19-21,30(43)40-14-12-39(13-15-40)23-8-10-24(11-9-23)45-18-17-44-2)42-29-25(20-35-42)28-36-27(26-7-4-16-46-26)38-41(28)31(34)37-29;1-19(17(28)29,10-4-2-5-11(20)8-10)27-16-12(9-22-27)15-23-14(13-6-3-7-30-13)25-26(15)18(21)24-16/h3-11,16,19-20H,12-15,17-18H2,1-2H3,(H2,34,37);2-9H,1H3,(H2,21,24)(H,28,29). The number of rotatable bonds is 13. The molecular formula is C51H46F2N16O7. The minimum absolute atomic E-state index is 0.0171. The van der Waals surface area contributed by atoms with Crippen molar-refractivity contribution in [2.75, 3.05) is 62.9 Å². The number of furan rings is 2. The number of amides is 1. The summed E-state index contributed by atoms with van der Waals surface area (Å²) >= 11 is 0. The molecule has 23 nitrogen and oxygen atoms in total. The number of nitrogen functional groups attached to an aromatic ring is 2. The summed E-state index contributed by atoms with van der Waals surface area (Å²) in [4.78, 5) is 48.9. The highest BCUT2D eigenvalue weighted by molar-refractivity contribution is 5.95. The number of benzene rings is 3. The summed E-state index contributed by atoms with van der Waals surface area (Å²) in [6.45, 7) is 6.25. The number of aliphatic carboxylic acids is 1. The molecule has 8 aromatic heterocycles. The van der Waals surface area contributed by atoms with Crippen LogP contribution in [-0.4, -0.2) is 127 Å². The number of hydrogen-bond donors (Lipinski definition) is 3. The van der Waals surface area contributed by atoms with E-state index in [1.54, 1.807) is 61.5 Å². The number of hydrogen-bond acceptors (Lipinski definition) is 17. The Morgan fingerprint density at radius 3 is 1.64 bits per heavy atom. The van der Waals surface area contributed by atoms with Crippen LogP contribution < -0.4 is 21.1 Å². The van der Waals surface area contributed by atoms with Gasteiger partial charge in [0.25, 0.3) is 5.91 Å². The number of carbonyl (C=O) groups excluding carboxylic acids is 1. The lowest BCUT2D eigenvalue weighted by Crippen LogP contribution is -2.56. The summed E-state index contributed by atoms with van der Waals surface area (Å²) in [5, 5.41) is 28.6. The predicted molar refractivity (Wildman–Crippen MR) is 271 cm³/mol. The van der Waals surface area contributed by atoms with Crippen molar-refractivity contribution in [1.82, 2.24) is 63.6 Å². The molecule has 2 atom stereocenters. The number of carbonyl (C=O) groups is 2. The molecule has 0 aliphatic carbocycles. The summed E-state index contributed by atoms with van der Waals surface area (Å²) in [5.41, 5.74) is 12.1. The number of piperazine rings is 1. The fraction of sp³-hybridized carbons (Fsp3) is 0.216. The number of ether oxygens (including phenoxy) is 2. The molecule has 1 aliphatic heterocycles. The Morgan fingerprint density at radius 2 is 1.17 bits per heavy atom. The average Bonchev–Trinajstić information content (AvgIpc) is 4.30. The zero-order valence-corrected chi connectivity index (χ0v) is 40.9. The first-order valence-electron chi connectivity index (χ1n) is 23.7. The second kappa shape index (κ2) is 19.2. The summed E-state index contributed by atoms with van der Waals surface area (Å²) < 4.78 is 55.5. The van der Waals surface area contributed by atoms with Gasteiger partial charge < -0.3 is 44.7 Å². The molecule has 0 radical (unpaired) electrons. The maximum Gasteiger partial charge on any atom is 0.336 e. The van der Waals surface area contributed by atoms with Gasteiger partial charge in [-0.1, -0.05) is 24.3 Å². The third kappa shape index (κ3) is 8.36. The number of methoxy groups -OCH3 is 1. The Kier molecular flexibility index (Phi) is 12.3. The number of fused-ring (bicyclic) bond motifs is 6. The van der Waals surface area contributed by atoms with Gasteiger partial charge in [-0.3, -0.25) is 4.79 Å². The summed E-state index contributed by atoms with van der Waals surface area (Å²) in [5.74, 6) is -0.199. The highest BCUT2D eigenvalue weighted by Crippen LogP contribution is 2.36. The third-order valence-electron chi connectivity index (χ3n) is 13.3. The van der Waals surface area contributed by atoms with Crippen LogP contribution in [0.4, 0.5) is 26.4 Å². The topological polar surface area (TPSA) is 279 Å². The Hall–Kier alpha value is -9.78. The first kappa shape index (κ1) is 48.5. The van der Waals surface area contributed by atoms with Gasteiger partial charge in [-0.25, -0.2) is 32.9 Å². The molecule has 3 aromatic carbocycles. The van der Waals surface area contributed by atoms with E-state index in [9.17, 15) is 23.5 Å². The maximum absolute atomic E-state index is 14.7. The van der Waals surface area contributed by atoms with Gasteiger partial charge in [-0.05, 0) is 97.8 Å². The van der Waals surface area contributed by atoms with Crippen molar-refractivity contribution in [2.45, 2.75) is 24.9 Å². The van der Waals surface area contributed by atoms with Gasteiger partial charge >= 0.3 is 5.97 Å². The van der Waals surface area contributed by atoms with E-state index in [0.717, 1.165) is 17.5 Å². The minimum Gasteiger partial charge on any atom is -0.491 e. The molecule has 0 bridgehead atoms. The molecule has 0 saturated carbocycles. The van der Waals surface area contributed by atoms with Crippen LogP contribution in [0, 0.1) is 11.6 Å². The SMILES string of the molecule is CC(C(=O)O)(c1cccc(F)c1)n1ncc2c1nc(N)n1nc(-c3ccco3)nc21.COCCOc1ccc(N2CCN(C(=O)C(C)(c3cccc(F)c3)n3ncc4c3nc(N)n3nc(-c5ccco5)nc43)CC2)cc1. The van der Waals surface area contributed by atoms with Crippen molar-refractivity contribution in [3.63, 3.8) is 0 Å². The maximum atomic E-state index is 14.7. The van der Waals surface area contributed by atoms with Gasteiger partial charge in [0.05, 0.1) is 42.3 Å². The smallest absolute Gasteiger partial charge is 0.336 e. The number of carboxylic acid groups (broad SMARTS) is 1. The number of nitrogens with zero attached hydrogens (tertiary/aromatic N) is 14. The lowest BCUT2D eigenvalue weighted by atomic mass is 9.89. The molecular weight excluding hydrogens is 987 g/mol. The van der Waals surface area contributed by atoms with Gasteiger partial charge in [0.2, 0.25) is 23.5 Å². The molecule has 11 aromatic rings. The molecule has 12 rings (SSSR count). The zero-order valence-electron chi connectivity index (χ0n) is 40.9. The summed E-state index contributed by atoms with van der Waals surface area (Å²) in [6, 6.07) is 26.1. The highest BCUT2D eigenvalue weighted by atomic mass is 19.1. The van der Waals surface area contributed by atoms with E-state index >= 15 is 0 Å². The second-order valence-electron chi connectivity index (χ2n) is 17.9. The Balaban J connectivity index is 0.000000177. The lowest BCUT2D eigenvalue weighted by Gasteiger charge is -2.40. The van der Waals surface area contributed by atoms with Crippen molar-refractivity contribution < 1.29 is 41.8 Å². The third-order valence-corrected chi connectivity index (χ3v) is 13.3. The van der Waals surface area contributed by atoms with E-state index < -0.39 is 28.7 Å². The average molecular weight is 1030 g/mol. The van der Waals surface area contributed by atoms with E-state index in [-0.39, 0.29) is 29.0 Å². The van der Waals surface area contributed by atoms with Gasteiger partial charge in [0.1, 0.15) is 24.0 Å². The lowest BCUT2D eigenvalue weighted by molar-refractivity contribution is -0.144. The number of halogens is 2. The molecule has 2 unspecified atom stereocenters. The number of aromatic nitrogens is 12. The number of carboxylic acids is 1. The van der Waals surface area contributed by atoms with Crippen LogP contribution in [0.3, 0.4) is 0 Å². The Bertz CT molecular complexity index is 3920. The van der Waals surface area contributed by atoms with Crippen LogP contribution in [0.25, 0.3) is 56.5 Å². The number of anilines is 3. The van der Waals surface area contributed by atoms with Crippen molar-refractivity contribution >= 4 is 62.8 Å². The Labute approximate surface area is 428 Å². The molecule has 25 heteroatoms. The van der Waals surface area contributed by atoms with Gasteiger partial charge in [0.15, 0.2) is 45.2 Å². The van der Waals surface area contributed by atoms with E-state index in [1.807, 2.05) is 24.3 Å². The van der Waals surface area contributed by atoms with E-state index in [0.29, 0.717) is 95.8 Å². The van der Waals surface area contributed by atoms with Gasteiger partial charge in [0, 0.05) is 39.0 Å². The number of nitrogens with two attached hydrogens (primary N) is 2. The van der Waals surface area contributed by atoms with Crippen LogP contribution in [0.2, 0.25) is 0 Å². The van der Waals surface area contributed by atoms with Crippen molar-refractivity contribution in [2.24, 2.45) is 0 Å². The zero-order chi connectivity index (χ0) is 52.9. The first-order valence-corrected chi connectivity index (χ1v) is 23.7. The van der Waals surface area contributed by atoms with Crippen LogP contribution >= 0.6 is 0 Å². The van der Waals surface area contributed by atoms with Crippen molar-refractivity contribution in [3.05, 3.63) is 145 Å². The van der Waals surface area contributed by atoms with Crippen LogP contribution in [-0.2, 0) is 25.4 Å². The monoisotopic (exact) mass is 1030 g/mol. The largest absolute Gasteiger partial charge is 0.491 e. The van der Waals surface area contributed by atoms with E-state index in [2.05, 4.69) is 45.2 Å². The molecule has 76 heavy (non-hydrogen) atoms. The predicted octanol–water partition coefficient (Wildman–Crippen LogP) is 5.90. The quantitative estimate of drug-likeness (QED) is 0.113. The van der Waals surface area contributed by atoms with Gasteiger partial charge in [-0.2, -0.15) is 29.2 Å². The molecule has 5 N–H and O–H groups in total. The highest BCUT2D eigenvalue weighted by Gasteiger charge is 2.44. The fourth-order valence-corrected chi connectivity index (χ4v) is 9.22. The normalized spacial score (nSPS) is 14.5. The fourth-order valence-electron chi connectivity index (χ4n) is 9.22. The van der Waals surface area contributed by atoms with Crippen molar-refractivity contribution in [1.29, 1.82) is 0 Å². The molecule has 0 spiro atoms. The molecule has 1 fully saturated rings. The minimum atomic E-state index is -1.74. The summed E-state index contributed by atoms with van der Waals surface area (Å²) in [7, 11) is 1.64. The van der Waals surface area contributed by atoms with Crippen LogP contribution in [0.5, 0.6) is 5.75 Å². The Morgan fingerprint density at radius 1 is 0.658 bits per heavy atom. The van der Waals surface area contributed by atoms with Crippen LogP contribution in [0.15, 0.2) is 131 Å². The molecule has 386 valence electrons. The second-order valence-corrected chi connectivity index (χ2v) is 17.9. The van der Waals surface area contributed by atoms with Crippen molar-refractivity contribution in [3.8, 4) is 28.9 Å². The molecule has 1 amide bonds. The van der Waals surface area contributed by atoms with Gasteiger partial charge in [-0.15, -0.1) is 10.2 Å². The van der Waals surface area contributed by atoms with E-state index in [1.165, 1.54) is 74.4 Å². The molecule has 1 aliphatic rings. The molecule has 9 heterocycles. The van der Waals surface area contributed by atoms with E-state index in [4.69, 9.17) is 29.8 Å². The molecule has 1 saturated heterocycles.